The molecule has 0 saturated heterocycles. The van der Waals surface area contributed by atoms with Gasteiger partial charge < -0.3 is 23.8 Å². The summed E-state index contributed by atoms with van der Waals surface area (Å²) in [6.07, 6.45) is 0.701. The van der Waals surface area contributed by atoms with Gasteiger partial charge in [-0.25, -0.2) is 4.39 Å². The second-order valence-electron chi connectivity index (χ2n) is 9.52. The first-order chi connectivity index (χ1) is 18.6. The van der Waals surface area contributed by atoms with Crippen LogP contribution in [0.15, 0.2) is 60.7 Å². The maximum Gasteiger partial charge on any atom is 0.237 e. The SMILES string of the molecule is COc1cc2c(cc1OC)C1c3ccc(cc3)OCCOCCN(Cc3cccc(F)c3)CC(=O)N1CC2. The molecule has 6 rings (SSSR count). The van der Waals surface area contributed by atoms with Gasteiger partial charge in [-0.3, -0.25) is 9.69 Å². The Kier molecular flexibility index (Phi) is 8.10. The quantitative estimate of drug-likeness (QED) is 0.480. The smallest absolute Gasteiger partial charge is 0.237 e. The molecule has 0 N–H and O–H groups in total. The van der Waals surface area contributed by atoms with Crippen molar-refractivity contribution in [2.24, 2.45) is 0 Å². The summed E-state index contributed by atoms with van der Waals surface area (Å²) in [6, 6.07) is 18.1. The van der Waals surface area contributed by atoms with Crippen LogP contribution in [0.25, 0.3) is 0 Å². The number of ether oxygens (including phenoxy) is 4. The third-order valence-corrected chi connectivity index (χ3v) is 7.09. The summed E-state index contributed by atoms with van der Waals surface area (Å²) in [6.45, 7) is 3.03. The van der Waals surface area contributed by atoms with Crippen molar-refractivity contribution in [1.29, 1.82) is 0 Å². The minimum Gasteiger partial charge on any atom is -0.493 e. The number of rotatable bonds is 4. The molecule has 1 unspecified atom stereocenters. The number of carbonyl (C=O) groups is 1. The average molecular weight is 521 g/mol. The molecule has 3 aliphatic heterocycles. The van der Waals surface area contributed by atoms with E-state index < -0.39 is 0 Å². The minimum atomic E-state index is -0.294. The molecule has 0 aliphatic carbocycles. The molecule has 2 bridgehead atoms. The van der Waals surface area contributed by atoms with Crippen LogP contribution in [0.2, 0.25) is 0 Å². The first-order valence-electron chi connectivity index (χ1n) is 12.9. The summed E-state index contributed by atoms with van der Waals surface area (Å²) in [4.78, 5) is 17.9. The molecule has 1 amide bonds. The van der Waals surface area contributed by atoms with Crippen molar-refractivity contribution in [2.45, 2.75) is 19.0 Å². The fourth-order valence-corrected chi connectivity index (χ4v) is 5.22. The van der Waals surface area contributed by atoms with Gasteiger partial charge in [-0.1, -0.05) is 24.3 Å². The summed E-state index contributed by atoms with van der Waals surface area (Å²) in [7, 11) is 3.24. The molecule has 0 aromatic heterocycles. The van der Waals surface area contributed by atoms with Crippen LogP contribution in [0.1, 0.15) is 28.3 Å². The standard InChI is InChI=1S/C30H33FN2O5/c1-35-27-17-23-10-11-33-29(34)20-32(19-21-4-3-5-24(31)16-21)12-13-37-14-15-38-25-8-6-22(7-9-25)30(33)26(23)18-28(27)36-2/h3-9,16-18,30H,10-15,19-20H2,1-2H3. The zero-order valence-electron chi connectivity index (χ0n) is 21.8. The fourth-order valence-electron chi connectivity index (χ4n) is 5.22. The molecule has 1 atom stereocenters. The van der Waals surface area contributed by atoms with Gasteiger partial charge in [-0.15, -0.1) is 0 Å². The molecule has 38 heavy (non-hydrogen) atoms. The van der Waals surface area contributed by atoms with Gasteiger partial charge in [0.2, 0.25) is 5.91 Å². The molecule has 0 spiro atoms. The molecule has 200 valence electrons. The van der Waals surface area contributed by atoms with Gasteiger partial charge in [-0.2, -0.15) is 0 Å². The normalized spacial score (nSPS) is 18.6. The molecule has 0 saturated carbocycles. The summed E-state index contributed by atoms with van der Waals surface area (Å²) < 4.78 is 36.7. The van der Waals surface area contributed by atoms with E-state index in [-0.39, 0.29) is 24.3 Å². The van der Waals surface area contributed by atoms with Crippen LogP contribution in [-0.4, -0.2) is 69.4 Å². The van der Waals surface area contributed by atoms with E-state index >= 15 is 0 Å². The Labute approximate surface area is 222 Å². The number of hydrogen-bond donors (Lipinski definition) is 0. The zero-order valence-corrected chi connectivity index (χ0v) is 21.8. The maximum atomic E-state index is 13.9. The third kappa shape index (κ3) is 5.76. The topological polar surface area (TPSA) is 60.5 Å². The molecule has 7 nitrogen and oxygen atoms in total. The van der Waals surface area contributed by atoms with Crippen LogP contribution < -0.4 is 14.2 Å². The Morgan fingerprint density at radius 1 is 0.947 bits per heavy atom. The number of nitrogens with zero attached hydrogens (tertiary/aromatic N) is 2. The van der Waals surface area contributed by atoms with E-state index in [0.29, 0.717) is 57.4 Å². The molecular weight excluding hydrogens is 487 g/mol. The highest BCUT2D eigenvalue weighted by Gasteiger charge is 2.34. The van der Waals surface area contributed by atoms with E-state index in [1.807, 2.05) is 52.3 Å². The van der Waals surface area contributed by atoms with Gasteiger partial charge in [-0.05, 0) is 65.1 Å². The molecule has 3 aromatic rings. The highest BCUT2D eigenvalue weighted by molar-refractivity contribution is 5.80. The molecular formula is C30H33FN2O5. The van der Waals surface area contributed by atoms with Crippen molar-refractivity contribution in [3.05, 3.63) is 88.7 Å². The summed E-state index contributed by atoms with van der Waals surface area (Å²) in [5, 5.41) is 0. The lowest BCUT2D eigenvalue weighted by atomic mass is 9.87. The van der Waals surface area contributed by atoms with Gasteiger partial charge in [0.1, 0.15) is 18.2 Å². The number of fused-ring (bicyclic) bond motifs is 11. The van der Waals surface area contributed by atoms with Crippen LogP contribution in [0.5, 0.6) is 17.2 Å². The van der Waals surface area contributed by atoms with Crippen molar-refractivity contribution in [3.8, 4) is 17.2 Å². The lowest BCUT2D eigenvalue weighted by Crippen LogP contribution is -2.46. The van der Waals surface area contributed by atoms with Crippen LogP contribution >= 0.6 is 0 Å². The van der Waals surface area contributed by atoms with Crippen LogP contribution in [0.4, 0.5) is 4.39 Å². The number of methoxy groups -OCH3 is 2. The van der Waals surface area contributed by atoms with E-state index in [0.717, 1.165) is 28.0 Å². The first-order valence-corrected chi connectivity index (χ1v) is 12.9. The predicted molar refractivity (Wildman–Crippen MR) is 141 cm³/mol. The van der Waals surface area contributed by atoms with E-state index in [9.17, 15) is 9.18 Å². The summed E-state index contributed by atoms with van der Waals surface area (Å²) >= 11 is 0. The van der Waals surface area contributed by atoms with Crippen LogP contribution in [-0.2, 0) is 22.5 Å². The highest BCUT2D eigenvalue weighted by atomic mass is 19.1. The van der Waals surface area contributed by atoms with Gasteiger partial charge in [0.05, 0.1) is 40.0 Å². The maximum absolute atomic E-state index is 13.9. The van der Waals surface area contributed by atoms with Crippen molar-refractivity contribution in [1.82, 2.24) is 9.80 Å². The Morgan fingerprint density at radius 3 is 2.50 bits per heavy atom. The van der Waals surface area contributed by atoms with E-state index in [1.165, 1.54) is 12.1 Å². The average Bonchev–Trinajstić information content (AvgIpc) is 2.94. The second-order valence-corrected chi connectivity index (χ2v) is 9.52. The van der Waals surface area contributed by atoms with Crippen LogP contribution in [0.3, 0.4) is 0 Å². The number of carbonyl (C=O) groups excluding carboxylic acids is 1. The predicted octanol–water partition coefficient (Wildman–Crippen LogP) is 4.23. The van der Waals surface area contributed by atoms with Gasteiger partial charge in [0.15, 0.2) is 11.5 Å². The van der Waals surface area contributed by atoms with Gasteiger partial charge in [0, 0.05) is 19.6 Å². The van der Waals surface area contributed by atoms with E-state index in [2.05, 4.69) is 0 Å². The van der Waals surface area contributed by atoms with E-state index in [4.69, 9.17) is 18.9 Å². The summed E-state index contributed by atoms with van der Waals surface area (Å²) in [5.74, 6) is 1.76. The van der Waals surface area contributed by atoms with Crippen LogP contribution in [0, 0.1) is 5.82 Å². The number of hydrogen-bond acceptors (Lipinski definition) is 6. The second kappa shape index (κ2) is 11.8. The Balaban J connectivity index is 1.51. The lowest BCUT2D eigenvalue weighted by molar-refractivity contribution is -0.134. The Hall–Kier alpha value is -3.62. The minimum absolute atomic E-state index is 0.00189. The molecule has 8 heteroatoms. The molecule has 0 radical (unpaired) electrons. The Bertz CT molecular complexity index is 1270. The first kappa shape index (κ1) is 26.0. The zero-order chi connectivity index (χ0) is 26.5. The summed E-state index contributed by atoms with van der Waals surface area (Å²) in [5.41, 5.74) is 3.94. The van der Waals surface area contributed by atoms with Crippen molar-refractivity contribution >= 4 is 5.91 Å². The van der Waals surface area contributed by atoms with E-state index in [1.54, 1.807) is 20.3 Å². The third-order valence-electron chi connectivity index (χ3n) is 7.09. The largest absolute Gasteiger partial charge is 0.493 e. The van der Waals surface area contributed by atoms with Gasteiger partial charge >= 0.3 is 0 Å². The van der Waals surface area contributed by atoms with Crippen molar-refractivity contribution in [2.75, 3.05) is 53.7 Å². The van der Waals surface area contributed by atoms with Gasteiger partial charge in [0.25, 0.3) is 0 Å². The fraction of sp³-hybridized carbons (Fsp3) is 0.367. The number of amides is 1. The van der Waals surface area contributed by atoms with Crippen molar-refractivity contribution in [3.63, 3.8) is 0 Å². The lowest BCUT2D eigenvalue weighted by Gasteiger charge is -2.39. The molecule has 3 heterocycles. The number of benzene rings is 3. The highest BCUT2D eigenvalue weighted by Crippen LogP contribution is 2.41. The van der Waals surface area contributed by atoms with Crippen molar-refractivity contribution < 1.29 is 28.1 Å². The molecule has 3 aliphatic rings. The number of halogens is 1. The monoisotopic (exact) mass is 520 g/mol. The molecule has 3 aromatic carbocycles. The molecule has 0 fully saturated rings. The Morgan fingerprint density at radius 2 is 1.74 bits per heavy atom.